The maximum atomic E-state index is 10.5. The largest absolute Gasteiger partial charge is 0.500 e. The number of rotatable bonds is 16. The van der Waals surface area contributed by atoms with Crippen molar-refractivity contribution in [3.05, 3.63) is 0 Å². The Hall–Kier alpha value is 0.724. The van der Waals surface area contributed by atoms with Gasteiger partial charge in [0.25, 0.3) is 0 Å². The Morgan fingerprint density at radius 1 is 0.517 bits per heavy atom. The van der Waals surface area contributed by atoms with Crippen LogP contribution in [0.5, 0.6) is 0 Å². The van der Waals surface area contributed by atoms with Crippen molar-refractivity contribution in [3.63, 3.8) is 0 Å². The summed E-state index contributed by atoms with van der Waals surface area (Å²) in [6.07, 6.45) is 0. The molecule has 0 fully saturated rings. The van der Waals surface area contributed by atoms with E-state index in [2.05, 4.69) is 13.1 Å². The van der Waals surface area contributed by atoms with Gasteiger partial charge in [-0.1, -0.05) is 0 Å². The summed E-state index contributed by atoms with van der Waals surface area (Å²) in [6.45, 7) is 9.79. The summed E-state index contributed by atoms with van der Waals surface area (Å²) in [7, 11) is -3.59. The van der Waals surface area contributed by atoms with Crippen LogP contribution in [0.1, 0.15) is 0 Å². The van der Waals surface area contributed by atoms with Crippen LogP contribution in [-0.4, -0.2) is 90.5 Å². The van der Waals surface area contributed by atoms with Gasteiger partial charge in [0.1, 0.15) is 0 Å². The van der Waals surface area contributed by atoms with Crippen LogP contribution in [0.4, 0.5) is 0 Å². The minimum atomic E-state index is -2.81. The molecule has 0 aliphatic heterocycles. The Kier molecular flexibility index (Phi) is 12.4. The lowest BCUT2D eigenvalue weighted by Crippen LogP contribution is -2.56. The van der Waals surface area contributed by atoms with Crippen LogP contribution in [0.25, 0.3) is 0 Å². The van der Waals surface area contributed by atoms with Gasteiger partial charge in [0.05, 0.1) is 0 Å². The topological polar surface area (TPSA) is 94.1 Å². The Balaban J connectivity index is 5.43. The van der Waals surface area contributed by atoms with Crippen molar-refractivity contribution in [2.24, 2.45) is 0 Å². The van der Waals surface area contributed by atoms with E-state index < -0.39 is 43.0 Å². The summed E-state index contributed by atoms with van der Waals surface area (Å²) >= 11 is 0. The van der Waals surface area contributed by atoms with Crippen LogP contribution in [0.2, 0.25) is 56.9 Å². The third-order valence-electron chi connectivity index (χ3n) is 4.74. The highest BCUT2D eigenvalue weighted by atomic mass is 28.5. The van der Waals surface area contributed by atoms with Crippen molar-refractivity contribution in [3.8, 4) is 0 Å². The smallest absolute Gasteiger partial charge is 0.436 e. The van der Waals surface area contributed by atoms with Crippen LogP contribution < -0.4 is 0 Å². The molecule has 14 heteroatoms. The quantitative estimate of drug-likeness (QED) is 0.317. The minimum Gasteiger partial charge on any atom is -0.436 e. The zero-order valence-electron chi connectivity index (χ0n) is 20.0. The molecule has 0 rings (SSSR count). The lowest BCUT2D eigenvalue weighted by Gasteiger charge is -2.40. The van der Waals surface area contributed by atoms with Gasteiger partial charge in [-0.3, -0.25) is 0 Å². The fourth-order valence-electron chi connectivity index (χ4n) is 3.23. The van der Waals surface area contributed by atoms with Crippen LogP contribution in [-0.2, 0) is 34.8 Å². The van der Waals surface area contributed by atoms with Crippen molar-refractivity contribution >= 4 is 43.0 Å². The van der Waals surface area contributed by atoms with Crippen LogP contribution in [0.15, 0.2) is 0 Å². The summed E-state index contributed by atoms with van der Waals surface area (Å²) in [5.74, 6) is 0. The Labute approximate surface area is 182 Å². The second-order valence-electron chi connectivity index (χ2n) is 8.14. The lowest BCUT2D eigenvalue weighted by atomic mass is 10.9. The molecule has 0 aliphatic carbocycles. The van der Waals surface area contributed by atoms with Crippen molar-refractivity contribution < 1.29 is 39.6 Å². The Bertz CT molecular complexity index is 453. The molecule has 1 unspecified atom stereocenters. The van der Waals surface area contributed by atoms with E-state index in [1.165, 1.54) is 0 Å². The highest BCUT2D eigenvalue weighted by Crippen LogP contribution is 2.31. The van der Waals surface area contributed by atoms with Gasteiger partial charge in [0.15, 0.2) is 8.32 Å². The van der Waals surface area contributed by atoms with Gasteiger partial charge in [-0.05, 0) is 44.8 Å². The molecule has 1 atom stereocenters. The highest BCUT2D eigenvalue weighted by Gasteiger charge is 2.48. The SMILES string of the molecule is CO[Si](CC[Si](C)(C)O[Si](C)(CC[Si](OC)(OC)OC)O[Si](C)(C)O)(OC)OC. The first-order valence-corrected chi connectivity index (χ1v) is 22.0. The molecule has 29 heavy (non-hydrogen) atoms. The molecule has 0 aliphatic rings. The average molecular weight is 507 g/mol. The van der Waals surface area contributed by atoms with E-state index in [0.29, 0.717) is 18.1 Å². The second kappa shape index (κ2) is 12.1. The predicted molar refractivity (Wildman–Crippen MR) is 124 cm³/mol. The standard InChI is InChI=1S/C15H42O9Si5/c1-17-28(18-2,19-3)14-12-25(7,8)23-27(11,24-26(9,10)16)13-15-29(20-4,21-5)22-6/h16H,12-15H2,1-11H3. The maximum absolute atomic E-state index is 10.5. The third-order valence-corrected chi connectivity index (χ3v) is 21.5. The first-order chi connectivity index (χ1) is 13.2. The molecule has 0 heterocycles. The monoisotopic (exact) mass is 506 g/mol. The molecule has 9 nitrogen and oxygen atoms in total. The van der Waals surface area contributed by atoms with Crippen molar-refractivity contribution in [2.45, 2.75) is 56.9 Å². The van der Waals surface area contributed by atoms with Crippen molar-refractivity contribution in [2.75, 3.05) is 42.7 Å². The highest BCUT2D eigenvalue weighted by molar-refractivity contribution is 6.87. The van der Waals surface area contributed by atoms with Crippen LogP contribution in [0, 0.1) is 0 Å². The van der Waals surface area contributed by atoms with Gasteiger partial charge in [0, 0.05) is 54.7 Å². The molecule has 0 saturated carbocycles. The number of hydrogen-bond donors (Lipinski definition) is 1. The van der Waals surface area contributed by atoms with E-state index >= 15 is 0 Å². The molecule has 0 spiro atoms. The first kappa shape index (κ1) is 29.7. The Morgan fingerprint density at radius 3 is 1.17 bits per heavy atom. The molecule has 0 aromatic carbocycles. The third kappa shape index (κ3) is 10.3. The lowest BCUT2D eigenvalue weighted by molar-refractivity contribution is 0.124. The summed E-state index contributed by atoms with van der Waals surface area (Å²) in [5.41, 5.74) is 0. The molecule has 0 radical (unpaired) electrons. The zero-order chi connectivity index (χ0) is 23.0. The van der Waals surface area contributed by atoms with Crippen LogP contribution >= 0.6 is 0 Å². The molecule has 176 valence electrons. The molecule has 1 N–H and O–H groups in total. The zero-order valence-corrected chi connectivity index (χ0v) is 25.0. The van der Waals surface area contributed by atoms with E-state index in [0.717, 1.165) is 6.04 Å². The summed E-state index contributed by atoms with van der Waals surface area (Å²) in [6, 6.07) is 2.60. The van der Waals surface area contributed by atoms with E-state index in [4.69, 9.17) is 34.8 Å². The van der Waals surface area contributed by atoms with Gasteiger partial charge < -0.3 is 39.6 Å². The molecule has 0 saturated heterocycles. The van der Waals surface area contributed by atoms with Gasteiger partial charge >= 0.3 is 34.7 Å². The van der Waals surface area contributed by atoms with Crippen molar-refractivity contribution in [1.82, 2.24) is 0 Å². The van der Waals surface area contributed by atoms with E-state index in [9.17, 15) is 4.80 Å². The minimum absolute atomic E-state index is 0.557. The van der Waals surface area contributed by atoms with E-state index in [-0.39, 0.29) is 0 Å². The molecule has 0 aromatic heterocycles. The molecular formula is C15H42O9Si5. The molecule has 0 aromatic rings. The van der Waals surface area contributed by atoms with Gasteiger partial charge in [-0.2, -0.15) is 0 Å². The van der Waals surface area contributed by atoms with E-state index in [1.807, 2.05) is 6.55 Å². The van der Waals surface area contributed by atoms with Crippen LogP contribution in [0.3, 0.4) is 0 Å². The fraction of sp³-hybridized carbons (Fsp3) is 1.00. The normalized spacial score (nSPS) is 16.1. The van der Waals surface area contributed by atoms with Gasteiger partial charge in [-0.15, -0.1) is 0 Å². The summed E-state index contributed by atoms with van der Waals surface area (Å²) in [4.78, 5) is 10.5. The summed E-state index contributed by atoms with van der Waals surface area (Å²) < 4.78 is 46.2. The van der Waals surface area contributed by atoms with Gasteiger partial charge in [0.2, 0.25) is 0 Å². The fourth-order valence-corrected chi connectivity index (χ4v) is 22.8. The van der Waals surface area contributed by atoms with Gasteiger partial charge in [-0.25, -0.2) is 0 Å². The second-order valence-corrected chi connectivity index (χ2v) is 25.6. The van der Waals surface area contributed by atoms with E-state index in [1.54, 1.807) is 55.8 Å². The summed E-state index contributed by atoms with van der Waals surface area (Å²) in [5, 5.41) is 0. The Morgan fingerprint density at radius 2 is 0.862 bits per heavy atom. The van der Waals surface area contributed by atoms with Crippen molar-refractivity contribution in [1.29, 1.82) is 0 Å². The first-order valence-electron chi connectivity index (χ1n) is 9.63. The molecule has 0 bridgehead atoms. The maximum Gasteiger partial charge on any atom is 0.500 e. The molecular weight excluding hydrogens is 465 g/mol. The number of hydrogen-bond acceptors (Lipinski definition) is 9. The predicted octanol–water partition coefficient (Wildman–Crippen LogP) is 2.75. The average Bonchev–Trinajstić information content (AvgIpc) is 2.63. The molecule has 0 amide bonds.